The molecule has 0 bridgehead atoms. The van der Waals surface area contributed by atoms with Gasteiger partial charge in [0, 0.05) is 30.8 Å². The Balaban J connectivity index is 2.11. The molecule has 0 fully saturated rings. The Hall–Kier alpha value is -3.44. The maximum absolute atomic E-state index is 12.4. The van der Waals surface area contributed by atoms with Crippen LogP contribution >= 0.6 is 0 Å². The molecule has 0 aliphatic heterocycles. The van der Waals surface area contributed by atoms with Crippen LogP contribution in [0.2, 0.25) is 0 Å². The van der Waals surface area contributed by atoms with Crippen molar-refractivity contribution in [3.8, 4) is 11.8 Å². The van der Waals surface area contributed by atoms with E-state index in [1.165, 1.54) is 25.1 Å². The second-order valence-electron chi connectivity index (χ2n) is 6.03. The molecule has 2 aromatic heterocycles. The molecular formula is C18H20F3N5O4. The summed E-state index contributed by atoms with van der Waals surface area (Å²) in [4.78, 5) is 35.5. The fourth-order valence-corrected chi connectivity index (χ4v) is 2.25. The van der Waals surface area contributed by atoms with Crippen LogP contribution < -0.4 is 20.1 Å². The SMILES string of the molecule is CCOc1nc(OCC(F)(F)F)ccc1CNC(=O)c1cc(C)nc(NC(C)=O)n1. The first-order valence-electron chi connectivity index (χ1n) is 8.81. The van der Waals surface area contributed by atoms with E-state index >= 15 is 0 Å². The predicted molar refractivity (Wildman–Crippen MR) is 99.2 cm³/mol. The van der Waals surface area contributed by atoms with Crippen LogP contribution in [0.25, 0.3) is 0 Å². The third kappa shape index (κ3) is 7.18. The zero-order valence-electron chi connectivity index (χ0n) is 16.5. The molecular weight excluding hydrogens is 407 g/mol. The molecule has 0 spiro atoms. The first-order valence-corrected chi connectivity index (χ1v) is 8.81. The van der Waals surface area contributed by atoms with E-state index < -0.39 is 18.7 Å². The van der Waals surface area contributed by atoms with E-state index in [-0.39, 0.29) is 42.5 Å². The molecule has 2 rings (SSSR count). The molecule has 162 valence electrons. The van der Waals surface area contributed by atoms with Crippen molar-refractivity contribution in [2.24, 2.45) is 0 Å². The van der Waals surface area contributed by atoms with Gasteiger partial charge in [0.1, 0.15) is 5.69 Å². The number of hydrogen-bond donors (Lipinski definition) is 2. The number of aryl methyl sites for hydroxylation is 1. The summed E-state index contributed by atoms with van der Waals surface area (Å²) in [6.07, 6.45) is -4.49. The number of anilines is 1. The highest BCUT2D eigenvalue weighted by atomic mass is 19.4. The number of nitrogens with zero attached hydrogens (tertiary/aromatic N) is 3. The molecule has 2 heterocycles. The summed E-state index contributed by atoms with van der Waals surface area (Å²) in [5.74, 6) is -1.15. The van der Waals surface area contributed by atoms with Crippen molar-refractivity contribution < 1.29 is 32.2 Å². The average Bonchev–Trinajstić information content (AvgIpc) is 2.64. The maximum atomic E-state index is 12.4. The summed E-state index contributed by atoms with van der Waals surface area (Å²) in [5, 5.41) is 5.02. The quantitative estimate of drug-likeness (QED) is 0.665. The molecule has 0 aliphatic carbocycles. The van der Waals surface area contributed by atoms with Crippen LogP contribution in [0.1, 0.15) is 35.6 Å². The van der Waals surface area contributed by atoms with Gasteiger partial charge in [0.05, 0.1) is 6.61 Å². The van der Waals surface area contributed by atoms with E-state index in [1.54, 1.807) is 13.8 Å². The summed E-state index contributed by atoms with van der Waals surface area (Å²) in [6, 6.07) is 4.13. The van der Waals surface area contributed by atoms with E-state index in [9.17, 15) is 22.8 Å². The van der Waals surface area contributed by atoms with Gasteiger partial charge in [0.15, 0.2) is 6.61 Å². The van der Waals surface area contributed by atoms with Gasteiger partial charge in [-0.15, -0.1) is 0 Å². The minimum Gasteiger partial charge on any atom is -0.478 e. The lowest BCUT2D eigenvalue weighted by molar-refractivity contribution is -0.154. The average molecular weight is 427 g/mol. The highest BCUT2D eigenvalue weighted by Crippen LogP contribution is 2.22. The van der Waals surface area contributed by atoms with E-state index in [0.29, 0.717) is 11.3 Å². The van der Waals surface area contributed by atoms with Gasteiger partial charge in [-0.2, -0.15) is 18.2 Å². The zero-order chi connectivity index (χ0) is 22.3. The van der Waals surface area contributed by atoms with Crippen LogP contribution in [-0.2, 0) is 11.3 Å². The fraction of sp³-hybridized carbons (Fsp3) is 0.389. The van der Waals surface area contributed by atoms with Crippen molar-refractivity contribution in [3.63, 3.8) is 0 Å². The van der Waals surface area contributed by atoms with Crippen LogP contribution in [0.5, 0.6) is 11.8 Å². The van der Waals surface area contributed by atoms with Crippen molar-refractivity contribution >= 4 is 17.8 Å². The molecule has 0 aromatic carbocycles. The number of rotatable bonds is 8. The number of nitrogens with one attached hydrogen (secondary N) is 2. The molecule has 0 atom stereocenters. The van der Waals surface area contributed by atoms with Gasteiger partial charge in [-0.25, -0.2) is 9.97 Å². The molecule has 30 heavy (non-hydrogen) atoms. The third-order valence-corrected chi connectivity index (χ3v) is 3.39. The number of carbonyl (C=O) groups excluding carboxylic acids is 2. The first-order chi connectivity index (χ1) is 14.1. The van der Waals surface area contributed by atoms with Crippen LogP contribution in [0.3, 0.4) is 0 Å². The van der Waals surface area contributed by atoms with Crippen molar-refractivity contribution in [2.75, 3.05) is 18.5 Å². The number of alkyl halides is 3. The minimum absolute atomic E-state index is 0.00418. The molecule has 12 heteroatoms. The van der Waals surface area contributed by atoms with Gasteiger partial charge in [0.2, 0.25) is 23.6 Å². The number of halogens is 3. The number of amides is 2. The van der Waals surface area contributed by atoms with E-state index in [4.69, 9.17) is 4.74 Å². The smallest absolute Gasteiger partial charge is 0.422 e. The van der Waals surface area contributed by atoms with Crippen LogP contribution in [0.15, 0.2) is 18.2 Å². The number of hydrogen-bond acceptors (Lipinski definition) is 7. The zero-order valence-corrected chi connectivity index (χ0v) is 16.5. The van der Waals surface area contributed by atoms with E-state index in [2.05, 4.69) is 30.3 Å². The minimum atomic E-state index is -4.49. The van der Waals surface area contributed by atoms with Crippen molar-refractivity contribution in [1.82, 2.24) is 20.3 Å². The van der Waals surface area contributed by atoms with Gasteiger partial charge < -0.3 is 14.8 Å². The molecule has 2 N–H and O–H groups in total. The summed E-state index contributed by atoms with van der Waals surface area (Å²) >= 11 is 0. The lowest BCUT2D eigenvalue weighted by atomic mass is 10.2. The molecule has 0 aliphatic rings. The third-order valence-electron chi connectivity index (χ3n) is 3.39. The highest BCUT2D eigenvalue weighted by Gasteiger charge is 2.28. The lowest BCUT2D eigenvalue weighted by Gasteiger charge is -2.13. The second kappa shape index (κ2) is 9.85. The number of carbonyl (C=O) groups is 2. The molecule has 0 saturated heterocycles. The number of pyridine rings is 1. The largest absolute Gasteiger partial charge is 0.478 e. The molecule has 0 radical (unpaired) electrons. The Bertz CT molecular complexity index is 921. The van der Waals surface area contributed by atoms with Gasteiger partial charge in [-0.3, -0.25) is 14.9 Å². The monoisotopic (exact) mass is 427 g/mol. The lowest BCUT2D eigenvalue weighted by Crippen LogP contribution is -2.25. The standard InChI is InChI=1S/C18H20F3N5O4/c1-4-29-16-12(5-6-14(26-16)30-9-18(19,20)21)8-22-15(28)13-7-10(2)23-17(25-13)24-11(3)27/h5-7H,4,8-9H2,1-3H3,(H,22,28)(H,23,24,25,27). The maximum Gasteiger partial charge on any atom is 0.422 e. The van der Waals surface area contributed by atoms with Crippen molar-refractivity contribution in [2.45, 2.75) is 33.5 Å². The fourth-order valence-electron chi connectivity index (χ4n) is 2.25. The van der Waals surface area contributed by atoms with Gasteiger partial charge in [-0.05, 0) is 26.0 Å². The van der Waals surface area contributed by atoms with Crippen LogP contribution in [0.4, 0.5) is 19.1 Å². The van der Waals surface area contributed by atoms with Crippen LogP contribution in [0, 0.1) is 6.92 Å². The molecule has 0 unspecified atom stereocenters. The van der Waals surface area contributed by atoms with Crippen molar-refractivity contribution in [3.05, 3.63) is 35.2 Å². The summed E-state index contributed by atoms with van der Waals surface area (Å²) in [7, 11) is 0. The van der Waals surface area contributed by atoms with Gasteiger partial charge in [0.25, 0.3) is 5.91 Å². The predicted octanol–water partition coefficient (Wildman–Crippen LogP) is 2.41. The topological polar surface area (TPSA) is 115 Å². The summed E-state index contributed by atoms with van der Waals surface area (Å²) < 4.78 is 46.8. The molecule has 0 saturated carbocycles. The van der Waals surface area contributed by atoms with Gasteiger partial charge >= 0.3 is 6.18 Å². The molecule has 2 amide bonds. The summed E-state index contributed by atoms with van der Waals surface area (Å²) in [6.45, 7) is 3.31. The normalized spacial score (nSPS) is 11.0. The Morgan fingerprint density at radius 2 is 1.87 bits per heavy atom. The Kier molecular flexibility index (Phi) is 7.50. The Labute approximate surface area is 170 Å². The number of ether oxygens (including phenoxy) is 2. The molecule has 2 aromatic rings. The second-order valence-corrected chi connectivity index (χ2v) is 6.03. The first kappa shape index (κ1) is 22.8. The molecule has 9 nitrogen and oxygen atoms in total. The Morgan fingerprint density at radius 3 is 2.50 bits per heavy atom. The highest BCUT2D eigenvalue weighted by molar-refractivity contribution is 5.93. The van der Waals surface area contributed by atoms with E-state index in [0.717, 1.165) is 0 Å². The van der Waals surface area contributed by atoms with Crippen LogP contribution in [-0.4, -0.2) is 46.2 Å². The summed E-state index contributed by atoms with van der Waals surface area (Å²) in [5.41, 5.74) is 0.932. The van der Waals surface area contributed by atoms with Gasteiger partial charge in [-0.1, -0.05) is 0 Å². The van der Waals surface area contributed by atoms with E-state index in [1.807, 2.05) is 0 Å². The van der Waals surface area contributed by atoms with Crippen molar-refractivity contribution in [1.29, 1.82) is 0 Å². The Morgan fingerprint density at radius 1 is 1.13 bits per heavy atom. The number of aromatic nitrogens is 3.